The maximum absolute atomic E-state index is 11.8. The Morgan fingerprint density at radius 3 is 2.87 bits per heavy atom. The molecule has 2 rings (SSSR count). The van der Waals surface area contributed by atoms with Gasteiger partial charge in [0.2, 0.25) is 11.0 Å². The lowest BCUT2D eigenvalue weighted by Crippen LogP contribution is -2.30. The first-order valence-corrected chi connectivity index (χ1v) is 8.75. The van der Waals surface area contributed by atoms with Gasteiger partial charge in [-0.05, 0) is 44.0 Å². The minimum absolute atomic E-state index is 0.105. The number of aromatic nitrogens is 2. The van der Waals surface area contributed by atoms with Crippen LogP contribution in [0.5, 0.6) is 0 Å². The van der Waals surface area contributed by atoms with E-state index >= 15 is 0 Å². The van der Waals surface area contributed by atoms with E-state index in [4.69, 9.17) is 6.42 Å². The molecule has 120 valence electrons. The number of anilines is 2. The third kappa shape index (κ3) is 4.98. The molecule has 0 fully saturated rings. The van der Waals surface area contributed by atoms with E-state index in [0.29, 0.717) is 5.13 Å². The van der Waals surface area contributed by atoms with Crippen LogP contribution in [0.2, 0.25) is 0 Å². The number of rotatable bonds is 6. The predicted octanol–water partition coefficient (Wildman–Crippen LogP) is 3.13. The van der Waals surface area contributed by atoms with Gasteiger partial charge in [0.25, 0.3) is 0 Å². The molecule has 0 aliphatic heterocycles. The van der Waals surface area contributed by atoms with Crippen LogP contribution >= 0.6 is 23.1 Å². The number of nitrogens with zero attached hydrogens (tertiary/aromatic N) is 2. The van der Waals surface area contributed by atoms with Crippen LogP contribution < -0.4 is 10.6 Å². The lowest BCUT2D eigenvalue weighted by Gasteiger charge is -2.07. The topological polar surface area (TPSA) is 66.9 Å². The Bertz CT molecular complexity index is 736. The second-order valence-corrected chi connectivity index (χ2v) is 7.54. The van der Waals surface area contributed by atoms with Crippen LogP contribution in [0.4, 0.5) is 10.8 Å². The molecule has 7 heteroatoms. The van der Waals surface area contributed by atoms with Crippen molar-refractivity contribution in [1.82, 2.24) is 15.5 Å². The maximum atomic E-state index is 11.8. The van der Waals surface area contributed by atoms with E-state index in [0.717, 1.165) is 10.0 Å². The summed E-state index contributed by atoms with van der Waals surface area (Å²) >= 11 is 2.78. The van der Waals surface area contributed by atoms with E-state index in [2.05, 4.69) is 52.7 Å². The van der Waals surface area contributed by atoms with Gasteiger partial charge in [0.15, 0.2) is 4.34 Å². The van der Waals surface area contributed by atoms with E-state index in [1.54, 1.807) is 0 Å². The van der Waals surface area contributed by atoms with Crippen LogP contribution in [0.1, 0.15) is 18.1 Å². The van der Waals surface area contributed by atoms with Gasteiger partial charge in [-0.3, -0.25) is 4.79 Å². The fourth-order valence-corrected chi connectivity index (χ4v) is 3.68. The van der Waals surface area contributed by atoms with Crippen molar-refractivity contribution in [3.05, 3.63) is 29.3 Å². The summed E-state index contributed by atoms with van der Waals surface area (Å²) in [7, 11) is 0. The van der Waals surface area contributed by atoms with Crippen LogP contribution in [0.15, 0.2) is 22.5 Å². The van der Waals surface area contributed by atoms with E-state index in [9.17, 15) is 4.79 Å². The number of aryl methyl sites for hydroxylation is 2. The molecule has 0 spiro atoms. The highest BCUT2D eigenvalue weighted by molar-refractivity contribution is 8.02. The minimum atomic E-state index is -0.272. The Labute approximate surface area is 144 Å². The summed E-state index contributed by atoms with van der Waals surface area (Å²) < 4.78 is 0.736. The minimum Gasteiger partial charge on any atom is -0.344 e. The average Bonchev–Trinajstić information content (AvgIpc) is 2.95. The molecular formula is C16H18N4OS2. The number of amides is 1. The summed E-state index contributed by atoms with van der Waals surface area (Å²) in [5.74, 6) is 2.28. The second-order valence-electron chi connectivity index (χ2n) is 4.98. The van der Waals surface area contributed by atoms with Gasteiger partial charge in [0, 0.05) is 5.69 Å². The number of carbonyl (C=O) groups excluding carboxylic acids is 1. The van der Waals surface area contributed by atoms with E-state index in [1.807, 2.05) is 13.0 Å². The van der Waals surface area contributed by atoms with Gasteiger partial charge in [0.1, 0.15) is 0 Å². The van der Waals surface area contributed by atoms with E-state index in [1.165, 1.54) is 34.2 Å². The zero-order chi connectivity index (χ0) is 16.8. The molecule has 0 bridgehead atoms. The smallest absolute Gasteiger partial charge is 0.234 e. The fourth-order valence-electron chi connectivity index (χ4n) is 1.74. The van der Waals surface area contributed by atoms with Crippen LogP contribution in [0, 0.1) is 26.2 Å². The highest BCUT2D eigenvalue weighted by atomic mass is 32.2. The van der Waals surface area contributed by atoms with Gasteiger partial charge in [-0.2, -0.15) is 0 Å². The maximum Gasteiger partial charge on any atom is 0.234 e. The molecule has 0 aliphatic carbocycles. The first kappa shape index (κ1) is 17.3. The van der Waals surface area contributed by atoms with E-state index < -0.39 is 0 Å². The lowest BCUT2D eigenvalue weighted by atomic mass is 10.1. The Morgan fingerprint density at radius 1 is 1.39 bits per heavy atom. The summed E-state index contributed by atoms with van der Waals surface area (Å²) in [6.45, 7) is 6.19. The molecule has 1 aromatic carbocycles. The molecule has 1 atom stereocenters. The molecule has 0 aliphatic rings. The summed E-state index contributed by atoms with van der Waals surface area (Å²) in [6, 6.07) is 6.14. The van der Waals surface area contributed by atoms with Crippen molar-refractivity contribution in [3.63, 3.8) is 0 Å². The van der Waals surface area contributed by atoms with Crippen LogP contribution in [-0.4, -0.2) is 27.9 Å². The molecule has 23 heavy (non-hydrogen) atoms. The number of hydrogen-bond donors (Lipinski definition) is 2. The van der Waals surface area contributed by atoms with Gasteiger partial charge >= 0.3 is 0 Å². The van der Waals surface area contributed by atoms with Crippen LogP contribution in [0.25, 0.3) is 0 Å². The first-order valence-electron chi connectivity index (χ1n) is 7.05. The average molecular weight is 346 g/mol. The molecule has 1 aromatic heterocycles. The Kier molecular flexibility index (Phi) is 6.02. The van der Waals surface area contributed by atoms with Gasteiger partial charge in [-0.1, -0.05) is 35.1 Å². The van der Waals surface area contributed by atoms with Gasteiger partial charge in [0.05, 0.1) is 11.8 Å². The largest absolute Gasteiger partial charge is 0.344 e. The van der Waals surface area contributed by atoms with Crippen molar-refractivity contribution >= 4 is 39.8 Å². The Morgan fingerprint density at radius 2 is 2.17 bits per heavy atom. The third-order valence-electron chi connectivity index (χ3n) is 3.18. The van der Waals surface area contributed by atoms with E-state index in [-0.39, 0.29) is 17.7 Å². The molecule has 2 N–H and O–H groups in total. The zero-order valence-corrected chi connectivity index (χ0v) is 14.8. The summed E-state index contributed by atoms with van der Waals surface area (Å²) in [5.41, 5.74) is 3.43. The standard InChI is InChI=1S/C16H18N4OS2/c1-5-8-17-14(21)12(4)22-16-20-19-15(23-16)18-13-7-6-10(2)11(3)9-13/h1,6-7,9,12H,8H2,2-4H3,(H,17,21)(H,18,19). The Hall–Kier alpha value is -2.04. The highest BCUT2D eigenvalue weighted by Crippen LogP contribution is 2.30. The number of nitrogens with one attached hydrogen (secondary N) is 2. The lowest BCUT2D eigenvalue weighted by molar-refractivity contribution is -0.120. The molecule has 1 heterocycles. The highest BCUT2D eigenvalue weighted by Gasteiger charge is 2.16. The first-order chi connectivity index (χ1) is 11.0. The number of hydrogen-bond acceptors (Lipinski definition) is 6. The third-order valence-corrected chi connectivity index (χ3v) is 5.20. The monoisotopic (exact) mass is 346 g/mol. The van der Waals surface area contributed by atoms with Crippen molar-refractivity contribution in [2.45, 2.75) is 30.4 Å². The molecule has 1 amide bonds. The van der Waals surface area contributed by atoms with Crippen molar-refractivity contribution in [2.24, 2.45) is 0 Å². The zero-order valence-electron chi connectivity index (χ0n) is 13.2. The predicted molar refractivity (Wildman–Crippen MR) is 96.3 cm³/mol. The number of thioether (sulfide) groups is 1. The quantitative estimate of drug-likeness (QED) is 0.621. The normalized spacial score (nSPS) is 11.6. The molecule has 0 radical (unpaired) electrons. The van der Waals surface area contributed by atoms with Crippen molar-refractivity contribution in [2.75, 3.05) is 11.9 Å². The summed E-state index contributed by atoms with van der Waals surface area (Å²) in [4.78, 5) is 11.8. The van der Waals surface area contributed by atoms with Gasteiger partial charge in [-0.25, -0.2) is 0 Å². The molecule has 0 saturated carbocycles. The summed E-state index contributed by atoms with van der Waals surface area (Å²) in [6.07, 6.45) is 5.13. The van der Waals surface area contributed by atoms with Crippen molar-refractivity contribution < 1.29 is 4.79 Å². The number of carbonyl (C=O) groups is 1. The fraction of sp³-hybridized carbons (Fsp3) is 0.312. The van der Waals surface area contributed by atoms with Crippen molar-refractivity contribution in [1.29, 1.82) is 0 Å². The number of benzene rings is 1. The molecule has 1 unspecified atom stereocenters. The number of terminal acetylenes is 1. The molecular weight excluding hydrogens is 328 g/mol. The SMILES string of the molecule is C#CCNC(=O)C(C)Sc1nnc(Nc2ccc(C)c(C)c2)s1. The molecule has 5 nitrogen and oxygen atoms in total. The van der Waals surface area contributed by atoms with Crippen LogP contribution in [0.3, 0.4) is 0 Å². The molecule has 2 aromatic rings. The Balaban J connectivity index is 1.96. The van der Waals surface area contributed by atoms with Crippen molar-refractivity contribution in [3.8, 4) is 12.3 Å². The van der Waals surface area contributed by atoms with Crippen LogP contribution in [-0.2, 0) is 4.79 Å². The second kappa shape index (κ2) is 7.99. The van der Waals surface area contributed by atoms with Gasteiger partial charge < -0.3 is 10.6 Å². The summed E-state index contributed by atoms with van der Waals surface area (Å²) in [5, 5.41) is 14.5. The molecule has 0 saturated heterocycles. The van der Waals surface area contributed by atoms with Gasteiger partial charge in [-0.15, -0.1) is 16.6 Å².